The van der Waals surface area contributed by atoms with Gasteiger partial charge < -0.3 is 29.6 Å². The van der Waals surface area contributed by atoms with E-state index in [-0.39, 0.29) is 4.57 Å². The predicted molar refractivity (Wildman–Crippen MR) is 110 cm³/mol. The molecule has 1 aliphatic heterocycles. The average molecular weight is 544 g/mol. The van der Waals surface area contributed by atoms with Gasteiger partial charge in [0.2, 0.25) is 0 Å². The van der Waals surface area contributed by atoms with E-state index in [4.69, 9.17) is 14.5 Å². The molecule has 194 valence electrons. The standard InChI is InChI=1S/C17H20F2N2O12P2/c18-17(19,10-4-2-1-3-5-10)9-21-12(22)6-7-20(16(21)25)15-14(24)13(23)11(32-15)8-31-35(29,30)33-34(26,27)28/h1-7,11,13-15,23-24H,8-9H2,(H,29,30)(H2,26,27,28)/t11-,13?,14+,15-/m1/s1. The van der Waals surface area contributed by atoms with Crippen molar-refractivity contribution >= 4 is 15.6 Å². The lowest BCUT2D eigenvalue weighted by Gasteiger charge is -2.21. The molecule has 14 nitrogen and oxygen atoms in total. The number of alkyl halides is 2. The van der Waals surface area contributed by atoms with Crippen LogP contribution in [0.5, 0.6) is 0 Å². The molecule has 0 amide bonds. The summed E-state index contributed by atoms with van der Waals surface area (Å²) in [6.45, 7) is -2.39. The molecule has 0 spiro atoms. The van der Waals surface area contributed by atoms with Crippen LogP contribution in [0.1, 0.15) is 11.8 Å². The van der Waals surface area contributed by atoms with E-state index >= 15 is 0 Å². The van der Waals surface area contributed by atoms with Gasteiger partial charge in [-0.25, -0.2) is 13.9 Å². The Morgan fingerprint density at radius 3 is 2.26 bits per heavy atom. The third-order valence-electron chi connectivity index (χ3n) is 4.87. The van der Waals surface area contributed by atoms with Gasteiger partial charge in [-0.2, -0.15) is 13.1 Å². The van der Waals surface area contributed by atoms with E-state index in [1.165, 1.54) is 18.2 Å². The summed E-state index contributed by atoms with van der Waals surface area (Å²) in [6, 6.07) is 7.15. The zero-order chi connectivity index (χ0) is 26.2. The monoisotopic (exact) mass is 544 g/mol. The smallest absolute Gasteiger partial charge is 0.387 e. The minimum Gasteiger partial charge on any atom is -0.387 e. The first-order valence-electron chi connectivity index (χ1n) is 9.62. The first-order chi connectivity index (χ1) is 16.1. The van der Waals surface area contributed by atoms with Crippen LogP contribution in [0.25, 0.3) is 0 Å². The number of benzene rings is 1. The number of aromatic nitrogens is 2. The number of hydrogen-bond donors (Lipinski definition) is 5. The first-order valence-corrected chi connectivity index (χ1v) is 12.6. The van der Waals surface area contributed by atoms with Gasteiger partial charge in [-0.05, 0) is 0 Å². The highest BCUT2D eigenvalue weighted by Gasteiger charge is 2.46. The van der Waals surface area contributed by atoms with E-state index in [1.54, 1.807) is 0 Å². The van der Waals surface area contributed by atoms with Crippen LogP contribution in [0, 0.1) is 0 Å². The van der Waals surface area contributed by atoms with Crippen LogP contribution in [0.2, 0.25) is 0 Å². The number of phosphoric ester groups is 1. The summed E-state index contributed by atoms with van der Waals surface area (Å²) in [7, 11) is -10.7. The lowest BCUT2D eigenvalue weighted by Crippen LogP contribution is -2.45. The van der Waals surface area contributed by atoms with Crippen LogP contribution in [0.4, 0.5) is 8.78 Å². The van der Waals surface area contributed by atoms with Crippen molar-refractivity contribution in [1.82, 2.24) is 9.13 Å². The Labute approximate surface area is 194 Å². The normalized spacial score (nSPS) is 24.9. The van der Waals surface area contributed by atoms with Crippen molar-refractivity contribution in [3.63, 3.8) is 0 Å². The van der Waals surface area contributed by atoms with Gasteiger partial charge in [0, 0.05) is 17.8 Å². The molecule has 1 fully saturated rings. The molecule has 1 aromatic carbocycles. The molecule has 2 unspecified atom stereocenters. The van der Waals surface area contributed by atoms with Gasteiger partial charge in [-0.1, -0.05) is 30.3 Å². The van der Waals surface area contributed by atoms with E-state index in [0.717, 1.165) is 24.4 Å². The van der Waals surface area contributed by atoms with E-state index in [1.807, 2.05) is 0 Å². The number of hydrogen-bond acceptors (Lipinski definition) is 9. The van der Waals surface area contributed by atoms with Crippen LogP contribution >= 0.6 is 15.6 Å². The van der Waals surface area contributed by atoms with Crippen molar-refractivity contribution in [1.29, 1.82) is 0 Å². The maximum absolute atomic E-state index is 14.7. The molecule has 0 saturated carbocycles. The molecule has 2 aromatic rings. The van der Waals surface area contributed by atoms with Crippen molar-refractivity contribution in [3.05, 3.63) is 69.0 Å². The summed E-state index contributed by atoms with van der Waals surface area (Å²) in [5.74, 6) is -3.63. The van der Waals surface area contributed by atoms with Gasteiger partial charge in [-0.3, -0.25) is 18.5 Å². The third-order valence-corrected chi connectivity index (χ3v) is 7.02. The molecule has 3 rings (SSSR count). The second kappa shape index (κ2) is 10.1. The number of aliphatic hydroxyl groups excluding tert-OH is 2. The van der Waals surface area contributed by atoms with E-state index in [2.05, 4.69) is 8.83 Å². The zero-order valence-electron chi connectivity index (χ0n) is 17.4. The van der Waals surface area contributed by atoms with Crippen molar-refractivity contribution < 1.29 is 56.4 Å². The molecule has 1 saturated heterocycles. The molecule has 5 atom stereocenters. The molecular formula is C17H20F2N2O12P2. The van der Waals surface area contributed by atoms with E-state index in [0.29, 0.717) is 4.57 Å². The Kier molecular flexibility index (Phi) is 7.94. The zero-order valence-corrected chi connectivity index (χ0v) is 19.2. The molecule has 0 aliphatic carbocycles. The van der Waals surface area contributed by atoms with Gasteiger partial charge in [0.25, 0.3) is 11.5 Å². The molecule has 0 radical (unpaired) electrons. The Hall–Kier alpha value is -2.10. The fraction of sp³-hybridized carbons (Fsp3) is 0.412. The van der Waals surface area contributed by atoms with Gasteiger partial charge in [0.15, 0.2) is 6.23 Å². The summed E-state index contributed by atoms with van der Waals surface area (Å²) < 4.78 is 65.5. The number of phosphoric acid groups is 2. The number of halogens is 2. The van der Waals surface area contributed by atoms with E-state index < -0.39 is 76.1 Å². The Bertz CT molecular complexity index is 1260. The summed E-state index contributed by atoms with van der Waals surface area (Å²) in [6.07, 6.45) is -6.31. The molecule has 5 N–H and O–H groups in total. The number of aliphatic hydroxyl groups is 2. The SMILES string of the molecule is O=c1ccn([C@@H]2O[C@H](COP(=O)(O)OP(=O)(O)O)C(O)[C@@H]2O)c(=O)n1CC(F)(F)c1ccccc1. The molecule has 1 aliphatic rings. The maximum atomic E-state index is 14.7. The molecule has 0 bridgehead atoms. The Balaban J connectivity index is 1.82. The summed E-state index contributed by atoms with van der Waals surface area (Å²) in [5.41, 5.74) is -2.85. The van der Waals surface area contributed by atoms with Gasteiger partial charge in [0.1, 0.15) is 18.3 Å². The molecule has 1 aromatic heterocycles. The molecule has 18 heteroatoms. The minimum absolute atomic E-state index is 0.203. The van der Waals surface area contributed by atoms with Crippen LogP contribution in [-0.2, 0) is 35.2 Å². The molecular weight excluding hydrogens is 524 g/mol. The highest BCUT2D eigenvalue weighted by Crippen LogP contribution is 2.57. The lowest BCUT2D eigenvalue weighted by atomic mass is 10.1. The predicted octanol–water partition coefficient (Wildman–Crippen LogP) is -0.353. The molecule has 2 heterocycles. The van der Waals surface area contributed by atoms with Gasteiger partial charge in [0.05, 0.1) is 13.2 Å². The third kappa shape index (κ3) is 6.57. The van der Waals surface area contributed by atoms with Gasteiger partial charge in [-0.15, -0.1) is 0 Å². The highest BCUT2D eigenvalue weighted by atomic mass is 31.3. The summed E-state index contributed by atoms with van der Waals surface area (Å²) in [5, 5.41) is 20.4. The topological polar surface area (TPSA) is 207 Å². The fourth-order valence-corrected chi connectivity index (χ4v) is 4.86. The first kappa shape index (κ1) is 27.5. The van der Waals surface area contributed by atoms with Crippen LogP contribution < -0.4 is 11.2 Å². The van der Waals surface area contributed by atoms with Crippen molar-refractivity contribution in [2.24, 2.45) is 0 Å². The maximum Gasteiger partial charge on any atom is 0.481 e. The van der Waals surface area contributed by atoms with E-state index in [9.17, 15) is 42.6 Å². The Morgan fingerprint density at radius 1 is 1.03 bits per heavy atom. The van der Waals surface area contributed by atoms with Gasteiger partial charge >= 0.3 is 21.3 Å². The van der Waals surface area contributed by atoms with Crippen molar-refractivity contribution in [3.8, 4) is 0 Å². The van der Waals surface area contributed by atoms with Crippen molar-refractivity contribution in [2.75, 3.05) is 6.61 Å². The largest absolute Gasteiger partial charge is 0.481 e. The van der Waals surface area contributed by atoms with Crippen LogP contribution in [0.3, 0.4) is 0 Å². The quantitative estimate of drug-likeness (QED) is 0.257. The summed E-state index contributed by atoms with van der Waals surface area (Å²) >= 11 is 0. The second-order valence-electron chi connectivity index (χ2n) is 7.38. The Morgan fingerprint density at radius 2 is 1.66 bits per heavy atom. The van der Waals surface area contributed by atoms with Crippen LogP contribution in [-0.4, -0.2) is 58.9 Å². The number of rotatable bonds is 9. The fourth-order valence-electron chi connectivity index (χ4n) is 3.26. The number of ether oxygens (including phenoxy) is 1. The average Bonchev–Trinajstić information content (AvgIpc) is 3.03. The lowest BCUT2D eigenvalue weighted by molar-refractivity contribution is -0.0569. The second-order valence-corrected chi connectivity index (χ2v) is 10.2. The van der Waals surface area contributed by atoms with Crippen molar-refractivity contribution in [2.45, 2.75) is 37.0 Å². The number of nitrogens with zero attached hydrogens (tertiary/aromatic N) is 2. The summed E-state index contributed by atoms with van der Waals surface area (Å²) in [4.78, 5) is 51.5. The minimum atomic E-state index is -5.42. The van der Waals surface area contributed by atoms with Crippen LogP contribution in [0.15, 0.2) is 52.2 Å². The highest BCUT2D eigenvalue weighted by molar-refractivity contribution is 7.60. The molecule has 35 heavy (non-hydrogen) atoms.